The molecule has 0 saturated heterocycles. The molecule has 0 fully saturated rings. The number of rotatable bonds is 13. The molecule has 6 nitrogen and oxygen atoms in total. The van der Waals surface area contributed by atoms with Crippen molar-refractivity contribution < 1.29 is 4.79 Å². The molecule has 0 saturated carbocycles. The Bertz CT molecular complexity index is 1360. The molecule has 0 aliphatic heterocycles. The number of hydrogen-bond donors (Lipinski definition) is 1. The number of anilines is 3. The molecule has 40 heavy (non-hydrogen) atoms. The van der Waals surface area contributed by atoms with Gasteiger partial charge in [0.25, 0.3) is 0 Å². The van der Waals surface area contributed by atoms with E-state index in [4.69, 9.17) is 11.6 Å². The van der Waals surface area contributed by atoms with E-state index >= 15 is 0 Å². The van der Waals surface area contributed by atoms with Gasteiger partial charge in [0.15, 0.2) is 11.0 Å². The van der Waals surface area contributed by atoms with Gasteiger partial charge in [-0.25, -0.2) is 0 Å². The number of amides is 1. The quantitative estimate of drug-likeness (QED) is 0.161. The van der Waals surface area contributed by atoms with Crippen LogP contribution in [0, 0.1) is 5.92 Å². The second-order valence-electron chi connectivity index (χ2n) is 10.4. The molecule has 8 heteroatoms. The Balaban J connectivity index is 1.43. The minimum atomic E-state index is -0.0804. The Morgan fingerprint density at radius 3 is 2.27 bits per heavy atom. The summed E-state index contributed by atoms with van der Waals surface area (Å²) < 4.78 is 2.14. The molecule has 0 bridgehead atoms. The Hall–Kier alpha value is -3.29. The highest BCUT2D eigenvalue weighted by atomic mass is 35.5. The van der Waals surface area contributed by atoms with Crippen LogP contribution in [-0.2, 0) is 11.3 Å². The molecular weight excluding hydrogens is 538 g/mol. The van der Waals surface area contributed by atoms with Crippen LogP contribution in [0.4, 0.5) is 17.1 Å². The van der Waals surface area contributed by atoms with E-state index in [1.165, 1.54) is 24.6 Å². The zero-order valence-corrected chi connectivity index (χ0v) is 25.3. The van der Waals surface area contributed by atoms with Crippen LogP contribution in [0.25, 0.3) is 11.4 Å². The maximum Gasteiger partial charge on any atom is 0.234 e. The summed E-state index contributed by atoms with van der Waals surface area (Å²) in [7, 11) is 0. The third kappa shape index (κ3) is 7.89. The van der Waals surface area contributed by atoms with Gasteiger partial charge in [-0.2, -0.15) is 0 Å². The molecular formula is C32H38ClN5OS. The van der Waals surface area contributed by atoms with E-state index in [9.17, 15) is 4.79 Å². The Labute approximate surface area is 247 Å². The largest absolute Gasteiger partial charge is 0.339 e. The maximum absolute atomic E-state index is 12.9. The first-order valence-electron chi connectivity index (χ1n) is 13.9. The summed E-state index contributed by atoms with van der Waals surface area (Å²) in [6, 6.07) is 26.2. The van der Waals surface area contributed by atoms with Crippen molar-refractivity contribution >= 4 is 46.3 Å². The summed E-state index contributed by atoms with van der Waals surface area (Å²) in [4.78, 5) is 15.2. The Kier molecular flexibility index (Phi) is 10.7. The van der Waals surface area contributed by atoms with Crippen LogP contribution in [0.1, 0.15) is 47.0 Å². The molecule has 1 atom stereocenters. The number of aromatic nitrogens is 3. The number of para-hydroxylation sites is 1. The number of nitrogens with one attached hydrogen (secondary N) is 1. The zero-order valence-electron chi connectivity index (χ0n) is 23.7. The molecule has 1 N–H and O–H groups in total. The maximum atomic E-state index is 12.9. The normalized spacial score (nSPS) is 11.9. The van der Waals surface area contributed by atoms with Crippen LogP contribution in [0.2, 0.25) is 5.02 Å². The first-order valence-corrected chi connectivity index (χ1v) is 15.3. The molecule has 210 valence electrons. The molecule has 4 aromatic rings. The first-order chi connectivity index (χ1) is 19.4. The highest BCUT2D eigenvalue weighted by molar-refractivity contribution is 7.99. The fraction of sp³-hybridized carbons (Fsp3) is 0.344. The van der Waals surface area contributed by atoms with Crippen molar-refractivity contribution in [3.05, 3.63) is 83.9 Å². The zero-order chi connectivity index (χ0) is 28.5. The van der Waals surface area contributed by atoms with Crippen molar-refractivity contribution in [1.29, 1.82) is 0 Å². The van der Waals surface area contributed by atoms with Crippen molar-refractivity contribution in [3.8, 4) is 11.4 Å². The van der Waals surface area contributed by atoms with Gasteiger partial charge >= 0.3 is 0 Å². The average molecular weight is 576 g/mol. The van der Waals surface area contributed by atoms with Crippen LogP contribution in [0.3, 0.4) is 0 Å². The summed E-state index contributed by atoms with van der Waals surface area (Å²) in [5, 5.41) is 13.4. The number of nitrogens with zero attached hydrogens (tertiary/aromatic N) is 4. The van der Waals surface area contributed by atoms with E-state index in [1.54, 1.807) is 0 Å². The van der Waals surface area contributed by atoms with Crippen LogP contribution >= 0.6 is 23.4 Å². The molecule has 3 aromatic carbocycles. The molecule has 0 aliphatic carbocycles. The topological polar surface area (TPSA) is 63.1 Å². The van der Waals surface area contributed by atoms with Crippen LogP contribution in [0.15, 0.2) is 84.0 Å². The summed E-state index contributed by atoms with van der Waals surface area (Å²) in [6.45, 7) is 9.60. The fourth-order valence-corrected chi connectivity index (χ4v) is 5.57. The smallest absolute Gasteiger partial charge is 0.234 e. The van der Waals surface area contributed by atoms with Crippen molar-refractivity contribution in [1.82, 2.24) is 14.8 Å². The highest BCUT2D eigenvalue weighted by Crippen LogP contribution is 2.30. The SMILES string of the molecule is CCCC[C@H](C)Cn1c(SCC(=O)Nc2ccc(N(c3ccccc3)C(C)C)cc2)nnc1-c1ccc(Cl)cc1. The summed E-state index contributed by atoms with van der Waals surface area (Å²) in [6.07, 6.45) is 3.48. The minimum absolute atomic E-state index is 0.0804. The highest BCUT2D eigenvalue weighted by Gasteiger charge is 2.18. The van der Waals surface area contributed by atoms with Gasteiger partial charge in [0.05, 0.1) is 5.75 Å². The second kappa shape index (κ2) is 14.4. The molecule has 0 aliphatic rings. The number of thioether (sulfide) groups is 1. The number of benzene rings is 3. The lowest BCUT2D eigenvalue weighted by atomic mass is 10.0. The number of hydrogen-bond acceptors (Lipinski definition) is 5. The van der Waals surface area contributed by atoms with Gasteiger partial charge in [0, 0.05) is 40.2 Å². The molecule has 0 spiro atoms. The lowest BCUT2D eigenvalue weighted by molar-refractivity contribution is -0.113. The Morgan fingerprint density at radius 1 is 0.950 bits per heavy atom. The van der Waals surface area contributed by atoms with Crippen LogP contribution in [0.5, 0.6) is 0 Å². The third-order valence-electron chi connectivity index (χ3n) is 6.68. The molecule has 4 rings (SSSR count). The van der Waals surface area contributed by atoms with Gasteiger partial charge < -0.3 is 14.8 Å². The minimum Gasteiger partial charge on any atom is -0.339 e. The van der Waals surface area contributed by atoms with Gasteiger partial charge in [-0.3, -0.25) is 4.79 Å². The second-order valence-corrected chi connectivity index (χ2v) is 11.7. The lowest BCUT2D eigenvalue weighted by Gasteiger charge is -2.29. The number of unbranched alkanes of at least 4 members (excludes halogenated alkanes) is 1. The lowest BCUT2D eigenvalue weighted by Crippen LogP contribution is -2.25. The average Bonchev–Trinajstić information content (AvgIpc) is 3.34. The number of halogens is 1. The number of carbonyl (C=O) groups is 1. The number of carbonyl (C=O) groups excluding carboxylic acids is 1. The van der Waals surface area contributed by atoms with Crippen LogP contribution < -0.4 is 10.2 Å². The Morgan fingerprint density at radius 2 is 1.62 bits per heavy atom. The molecule has 0 radical (unpaired) electrons. The molecule has 1 heterocycles. The predicted octanol–water partition coefficient (Wildman–Crippen LogP) is 8.70. The van der Waals surface area contributed by atoms with Gasteiger partial charge in [-0.05, 0) is 86.8 Å². The van der Waals surface area contributed by atoms with Crippen molar-refractivity contribution in [2.75, 3.05) is 16.0 Å². The van der Waals surface area contributed by atoms with Gasteiger partial charge in [0.2, 0.25) is 5.91 Å². The predicted molar refractivity (Wildman–Crippen MR) is 169 cm³/mol. The van der Waals surface area contributed by atoms with Crippen molar-refractivity contribution in [2.24, 2.45) is 5.92 Å². The van der Waals surface area contributed by atoms with Crippen LogP contribution in [-0.4, -0.2) is 32.5 Å². The van der Waals surface area contributed by atoms with Gasteiger partial charge in [-0.1, -0.05) is 68.3 Å². The third-order valence-corrected chi connectivity index (χ3v) is 7.90. The van der Waals surface area contributed by atoms with E-state index < -0.39 is 0 Å². The summed E-state index contributed by atoms with van der Waals surface area (Å²) in [5.41, 5.74) is 3.94. The van der Waals surface area contributed by atoms with Gasteiger partial charge in [-0.15, -0.1) is 10.2 Å². The van der Waals surface area contributed by atoms with Gasteiger partial charge in [0.1, 0.15) is 0 Å². The molecule has 1 amide bonds. The summed E-state index contributed by atoms with van der Waals surface area (Å²) in [5.74, 6) is 1.43. The summed E-state index contributed by atoms with van der Waals surface area (Å²) >= 11 is 7.52. The van der Waals surface area contributed by atoms with Crippen molar-refractivity contribution in [2.45, 2.75) is 64.7 Å². The van der Waals surface area contributed by atoms with E-state index in [1.807, 2.05) is 66.7 Å². The standard InChI is InChI=1S/C32H38ClN5OS/c1-5-6-10-24(4)21-37-31(25-13-15-26(33)16-14-25)35-36-32(37)40-22-30(39)34-27-17-19-29(20-18-27)38(23(2)3)28-11-8-7-9-12-28/h7-9,11-20,23-24H,5-6,10,21-22H2,1-4H3,(H,34,39)/t24-/m0/s1. The van der Waals surface area contributed by atoms with E-state index in [2.05, 4.69) is 64.8 Å². The first kappa shape index (κ1) is 29.7. The van der Waals surface area contributed by atoms with E-state index in [-0.39, 0.29) is 11.7 Å². The van der Waals surface area contributed by atoms with E-state index in [0.29, 0.717) is 17.0 Å². The molecule has 1 aromatic heterocycles. The monoisotopic (exact) mass is 575 g/mol. The van der Waals surface area contributed by atoms with E-state index in [0.717, 1.165) is 46.6 Å². The fourth-order valence-electron chi connectivity index (χ4n) is 4.69. The van der Waals surface area contributed by atoms with Crippen molar-refractivity contribution in [3.63, 3.8) is 0 Å². The molecule has 0 unspecified atom stereocenters.